The number of aliphatic hydroxyl groups is 1. The van der Waals surface area contributed by atoms with Crippen LogP contribution in [0.5, 0.6) is 0 Å². The first-order valence-electron chi connectivity index (χ1n) is 12.9. The van der Waals surface area contributed by atoms with E-state index in [0.717, 1.165) is 11.1 Å². The summed E-state index contributed by atoms with van der Waals surface area (Å²) in [5, 5.41) is 17.1. The van der Waals surface area contributed by atoms with Crippen molar-refractivity contribution in [1.82, 2.24) is 25.0 Å². The molecule has 4 rings (SSSR count). The molecule has 2 aliphatic heterocycles. The molecule has 4 N–H and O–H groups in total. The van der Waals surface area contributed by atoms with Crippen LogP contribution in [0.1, 0.15) is 62.6 Å². The van der Waals surface area contributed by atoms with Crippen LogP contribution in [0.25, 0.3) is 16.6 Å². The molecular formula is C27H35N7O4. The molecule has 11 nitrogen and oxygen atoms in total. The van der Waals surface area contributed by atoms with Crippen molar-refractivity contribution >= 4 is 40.0 Å². The van der Waals surface area contributed by atoms with Gasteiger partial charge < -0.3 is 21.1 Å². The van der Waals surface area contributed by atoms with Crippen LogP contribution < -0.4 is 11.1 Å². The molecule has 2 aromatic heterocycles. The van der Waals surface area contributed by atoms with E-state index in [1.165, 1.54) is 0 Å². The second-order valence-corrected chi connectivity index (χ2v) is 10.2. The molecule has 2 unspecified atom stereocenters. The third-order valence-electron chi connectivity index (χ3n) is 6.90. The summed E-state index contributed by atoms with van der Waals surface area (Å²) in [6, 6.07) is 1.21. The van der Waals surface area contributed by atoms with Crippen molar-refractivity contribution in [3.8, 4) is 0 Å². The van der Waals surface area contributed by atoms with Crippen molar-refractivity contribution in [2.24, 2.45) is 16.6 Å². The molecule has 0 spiro atoms. The van der Waals surface area contributed by atoms with Gasteiger partial charge in [0.1, 0.15) is 0 Å². The standard InChI is InChI=1S/C27H35N7O4/c1-15(2)34-25-22(13-30-34)20(26(37)29-12-21-16(3)9-17(4)31-27(21)38)11-23(32-25)18-5-7-33(8-6-18)24(36)10-19(28)14-35/h5,9,11,13,15,19,21,35H,6-8,10,12,14,28H2,1-4H3,(H,29,37). The summed E-state index contributed by atoms with van der Waals surface area (Å²) in [6.07, 6.45) is 6.09. The van der Waals surface area contributed by atoms with Crippen molar-refractivity contribution in [2.75, 3.05) is 26.2 Å². The van der Waals surface area contributed by atoms with Crippen LogP contribution in [0.4, 0.5) is 0 Å². The second kappa shape index (κ2) is 11.4. The Kier molecular flexibility index (Phi) is 8.17. The molecular weight excluding hydrogens is 486 g/mol. The van der Waals surface area contributed by atoms with Gasteiger partial charge in [-0.1, -0.05) is 11.6 Å². The average molecular weight is 522 g/mol. The van der Waals surface area contributed by atoms with Crippen LogP contribution in [-0.2, 0) is 9.59 Å². The molecule has 4 heterocycles. The number of hydrogen-bond acceptors (Lipinski definition) is 7. The lowest BCUT2D eigenvalue weighted by atomic mass is 9.95. The molecule has 0 aliphatic carbocycles. The predicted molar refractivity (Wildman–Crippen MR) is 144 cm³/mol. The maximum absolute atomic E-state index is 13.4. The summed E-state index contributed by atoms with van der Waals surface area (Å²) in [6.45, 7) is 8.41. The zero-order valence-electron chi connectivity index (χ0n) is 22.3. The molecule has 0 aromatic carbocycles. The molecule has 202 valence electrons. The van der Waals surface area contributed by atoms with Crippen LogP contribution in [0.3, 0.4) is 0 Å². The lowest BCUT2D eigenvalue weighted by molar-refractivity contribution is -0.131. The highest BCUT2D eigenvalue weighted by Gasteiger charge is 2.26. The van der Waals surface area contributed by atoms with Gasteiger partial charge in [0.15, 0.2) is 5.65 Å². The summed E-state index contributed by atoms with van der Waals surface area (Å²) >= 11 is 0. The van der Waals surface area contributed by atoms with Gasteiger partial charge in [-0.25, -0.2) is 14.7 Å². The summed E-state index contributed by atoms with van der Waals surface area (Å²) in [5.41, 5.74) is 9.85. The Bertz CT molecular complexity index is 1350. The Hall–Kier alpha value is -3.70. The number of fused-ring (bicyclic) bond motifs is 1. The Balaban J connectivity index is 1.60. The number of aliphatic hydroxyl groups excluding tert-OH is 1. The van der Waals surface area contributed by atoms with E-state index in [9.17, 15) is 14.4 Å². The largest absolute Gasteiger partial charge is 0.395 e. The smallest absolute Gasteiger partial charge is 0.254 e. The SMILES string of the molecule is CC1=CC(C)=NC(=O)C1CNC(=O)c1cc(C2=CCN(C(=O)CC(N)CO)CC2)nc2c1cnn2C(C)C. The number of nitrogens with two attached hydrogens (primary N) is 1. The van der Waals surface area contributed by atoms with Gasteiger partial charge in [-0.15, -0.1) is 0 Å². The van der Waals surface area contributed by atoms with E-state index >= 15 is 0 Å². The van der Waals surface area contributed by atoms with Crippen LogP contribution in [0, 0.1) is 5.92 Å². The van der Waals surface area contributed by atoms with Crippen molar-refractivity contribution in [3.05, 3.63) is 41.2 Å². The van der Waals surface area contributed by atoms with Crippen molar-refractivity contribution in [1.29, 1.82) is 0 Å². The van der Waals surface area contributed by atoms with E-state index in [4.69, 9.17) is 15.8 Å². The zero-order valence-corrected chi connectivity index (χ0v) is 22.3. The number of amides is 3. The number of carbonyl (C=O) groups excluding carboxylic acids is 3. The minimum Gasteiger partial charge on any atom is -0.395 e. The number of nitrogens with zero attached hydrogens (tertiary/aromatic N) is 5. The van der Waals surface area contributed by atoms with E-state index in [0.29, 0.717) is 47.5 Å². The lowest BCUT2D eigenvalue weighted by Crippen LogP contribution is -2.39. The molecule has 2 aromatic rings. The molecule has 0 fully saturated rings. The van der Waals surface area contributed by atoms with Crippen LogP contribution in [0.2, 0.25) is 0 Å². The first-order valence-corrected chi connectivity index (χ1v) is 12.9. The van der Waals surface area contributed by atoms with Gasteiger partial charge in [0.25, 0.3) is 11.8 Å². The molecule has 2 atom stereocenters. The molecule has 0 radical (unpaired) electrons. The van der Waals surface area contributed by atoms with Gasteiger partial charge in [0.2, 0.25) is 5.91 Å². The van der Waals surface area contributed by atoms with E-state index in [2.05, 4.69) is 15.4 Å². The van der Waals surface area contributed by atoms with Gasteiger partial charge in [0, 0.05) is 43.9 Å². The normalized spacial score (nSPS) is 18.8. The van der Waals surface area contributed by atoms with Gasteiger partial charge in [0.05, 0.1) is 35.4 Å². The van der Waals surface area contributed by atoms with Crippen LogP contribution in [-0.4, -0.2) is 80.5 Å². The van der Waals surface area contributed by atoms with Gasteiger partial charge in [-0.3, -0.25) is 14.4 Å². The second-order valence-electron chi connectivity index (χ2n) is 10.2. The molecule has 0 bridgehead atoms. The van der Waals surface area contributed by atoms with Crippen LogP contribution >= 0.6 is 0 Å². The van der Waals surface area contributed by atoms with E-state index in [1.54, 1.807) is 28.8 Å². The summed E-state index contributed by atoms with van der Waals surface area (Å²) < 4.78 is 1.78. The lowest BCUT2D eigenvalue weighted by Gasteiger charge is -2.27. The number of rotatable bonds is 8. The molecule has 0 saturated carbocycles. The monoisotopic (exact) mass is 521 g/mol. The average Bonchev–Trinajstić information content (AvgIpc) is 3.31. The predicted octanol–water partition coefficient (Wildman–Crippen LogP) is 1.63. The Labute approximate surface area is 221 Å². The first kappa shape index (κ1) is 27.3. The maximum atomic E-state index is 13.4. The van der Waals surface area contributed by atoms with Crippen molar-refractivity contribution in [2.45, 2.75) is 52.6 Å². The Morgan fingerprint density at radius 3 is 2.68 bits per heavy atom. The zero-order chi connectivity index (χ0) is 27.6. The van der Waals surface area contributed by atoms with E-state index < -0.39 is 12.0 Å². The fourth-order valence-electron chi connectivity index (χ4n) is 4.74. The fourth-order valence-corrected chi connectivity index (χ4v) is 4.74. The number of hydrogen-bond donors (Lipinski definition) is 3. The Morgan fingerprint density at radius 2 is 2.05 bits per heavy atom. The maximum Gasteiger partial charge on any atom is 0.254 e. The number of pyridine rings is 1. The third-order valence-corrected chi connectivity index (χ3v) is 6.90. The first-order chi connectivity index (χ1) is 18.1. The quantitative estimate of drug-likeness (QED) is 0.477. The third kappa shape index (κ3) is 5.73. The number of aliphatic imine (C=N–C) groups is 1. The molecule has 38 heavy (non-hydrogen) atoms. The summed E-state index contributed by atoms with van der Waals surface area (Å²) in [5.74, 6) is -1.19. The highest BCUT2D eigenvalue weighted by Crippen LogP contribution is 2.28. The number of nitrogens with one attached hydrogen (secondary N) is 1. The van der Waals surface area contributed by atoms with Gasteiger partial charge >= 0.3 is 0 Å². The molecule has 0 saturated heterocycles. The number of carbonyl (C=O) groups is 3. The van der Waals surface area contributed by atoms with Gasteiger partial charge in [-0.05, 0) is 51.8 Å². The number of allylic oxidation sites excluding steroid dienone is 1. The molecule has 2 aliphatic rings. The number of aromatic nitrogens is 3. The highest BCUT2D eigenvalue weighted by atomic mass is 16.3. The van der Waals surface area contributed by atoms with Gasteiger partial charge in [-0.2, -0.15) is 5.10 Å². The number of dihydropyridines is 1. The summed E-state index contributed by atoms with van der Waals surface area (Å²) in [7, 11) is 0. The van der Waals surface area contributed by atoms with E-state index in [-0.39, 0.29) is 43.3 Å². The highest BCUT2D eigenvalue weighted by molar-refractivity contribution is 6.07. The van der Waals surface area contributed by atoms with Crippen molar-refractivity contribution in [3.63, 3.8) is 0 Å². The minimum atomic E-state index is -0.576. The molecule has 3 amide bonds. The fraction of sp³-hybridized carbons (Fsp3) is 0.481. The topological polar surface area (TPSA) is 156 Å². The molecule has 11 heteroatoms. The van der Waals surface area contributed by atoms with E-state index in [1.807, 2.05) is 32.9 Å². The van der Waals surface area contributed by atoms with Crippen molar-refractivity contribution < 1.29 is 19.5 Å². The van der Waals surface area contributed by atoms with Crippen LogP contribution in [0.15, 0.2) is 35.0 Å². The minimum absolute atomic E-state index is 0.0316. The summed E-state index contributed by atoms with van der Waals surface area (Å²) in [4.78, 5) is 48.9. The Morgan fingerprint density at radius 1 is 1.29 bits per heavy atom.